The molecule has 1 aromatic carbocycles. The Morgan fingerprint density at radius 2 is 1.73 bits per heavy atom. The van der Waals surface area contributed by atoms with Gasteiger partial charge in [-0.15, -0.1) is 24.0 Å². The van der Waals surface area contributed by atoms with E-state index in [1.807, 2.05) is 13.1 Å². The van der Waals surface area contributed by atoms with Crippen LogP contribution in [0.5, 0.6) is 0 Å². The van der Waals surface area contributed by atoms with E-state index in [1.165, 1.54) is 17.5 Å². The predicted octanol–water partition coefficient (Wildman–Crippen LogP) is 2.24. The first-order valence-electron chi connectivity index (χ1n) is 10.6. The summed E-state index contributed by atoms with van der Waals surface area (Å²) in [5.41, 5.74) is 3.00. The molecule has 2 aromatic rings. The molecular weight excluding hydrogens is 489 g/mol. The number of guanidine groups is 1. The fourth-order valence-electron chi connectivity index (χ4n) is 4.15. The lowest BCUT2D eigenvalue weighted by atomic mass is 10.00. The number of piperazine rings is 1. The number of fused-ring (bicyclic) bond motifs is 1. The van der Waals surface area contributed by atoms with E-state index in [4.69, 9.17) is 0 Å². The van der Waals surface area contributed by atoms with E-state index in [0.29, 0.717) is 0 Å². The highest BCUT2D eigenvalue weighted by atomic mass is 127. The first-order valence-corrected chi connectivity index (χ1v) is 10.6. The Morgan fingerprint density at radius 3 is 2.47 bits per heavy atom. The topological polar surface area (TPSA) is 59.9 Å². The Bertz CT molecular complexity index is 806. The SMILES string of the molecule is CN=C(NCCCN1CCc2ccccc2C1)N1CCN(c2ncccn2)CC1.I. The van der Waals surface area contributed by atoms with Gasteiger partial charge in [-0.3, -0.25) is 9.89 Å². The molecule has 0 saturated carbocycles. The number of aromatic nitrogens is 2. The molecule has 0 atom stereocenters. The third-order valence-electron chi connectivity index (χ3n) is 5.77. The van der Waals surface area contributed by atoms with Gasteiger partial charge >= 0.3 is 0 Å². The lowest BCUT2D eigenvalue weighted by molar-refractivity contribution is 0.251. The molecular formula is C22H32IN7. The Morgan fingerprint density at radius 1 is 1.00 bits per heavy atom. The van der Waals surface area contributed by atoms with Gasteiger partial charge in [0.2, 0.25) is 5.95 Å². The quantitative estimate of drug-likeness (QED) is 0.282. The van der Waals surface area contributed by atoms with Crippen LogP contribution in [0.4, 0.5) is 5.95 Å². The van der Waals surface area contributed by atoms with Crippen molar-refractivity contribution in [1.29, 1.82) is 0 Å². The van der Waals surface area contributed by atoms with E-state index in [1.54, 1.807) is 12.4 Å². The highest BCUT2D eigenvalue weighted by Crippen LogP contribution is 2.18. The van der Waals surface area contributed by atoms with Gasteiger partial charge in [0, 0.05) is 71.8 Å². The zero-order valence-corrected chi connectivity index (χ0v) is 20.0. The highest BCUT2D eigenvalue weighted by molar-refractivity contribution is 14.0. The summed E-state index contributed by atoms with van der Waals surface area (Å²) in [5.74, 6) is 1.82. The van der Waals surface area contributed by atoms with Gasteiger partial charge in [0.05, 0.1) is 0 Å². The second-order valence-corrected chi connectivity index (χ2v) is 7.65. The molecule has 0 amide bonds. The van der Waals surface area contributed by atoms with Gasteiger partial charge in [0.1, 0.15) is 0 Å². The van der Waals surface area contributed by atoms with Gasteiger partial charge in [-0.1, -0.05) is 24.3 Å². The van der Waals surface area contributed by atoms with Crippen LogP contribution < -0.4 is 10.2 Å². The van der Waals surface area contributed by atoms with Crippen molar-refractivity contribution < 1.29 is 0 Å². The molecule has 8 heteroatoms. The van der Waals surface area contributed by atoms with Gasteiger partial charge in [-0.25, -0.2) is 9.97 Å². The minimum atomic E-state index is 0. The second-order valence-electron chi connectivity index (χ2n) is 7.65. The second kappa shape index (κ2) is 11.5. The molecule has 162 valence electrons. The predicted molar refractivity (Wildman–Crippen MR) is 133 cm³/mol. The standard InChI is InChI=1S/C22H31N7.HI/c1-23-21(28-14-16-29(17-15-28)22-25-9-4-10-26-22)24-11-5-12-27-13-8-19-6-2-3-7-20(19)18-27;/h2-4,6-7,9-10H,5,8,11-18H2,1H3,(H,23,24);1H. The smallest absolute Gasteiger partial charge is 0.225 e. The maximum atomic E-state index is 4.49. The Kier molecular flexibility index (Phi) is 8.68. The molecule has 4 rings (SSSR count). The summed E-state index contributed by atoms with van der Waals surface area (Å²) in [4.78, 5) is 20.3. The maximum absolute atomic E-state index is 4.49. The first kappa shape index (κ1) is 22.7. The summed E-state index contributed by atoms with van der Waals surface area (Å²) < 4.78 is 0. The van der Waals surface area contributed by atoms with Crippen LogP contribution in [0.1, 0.15) is 17.5 Å². The first-order chi connectivity index (χ1) is 14.3. The fraction of sp³-hybridized carbons (Fsp3) is 0.500. The summed E-state index contributed by atoms with van der Waals surface area (Å²) in [5, 5.41) is 3.55. The number of hydrogen-bond acceptors (Lipinski definition) is 5. The van der Waals surface area contributed by atoms with Crippen LogP contribution in [0.25, 0.3) is 0 Å². The molecule has 0 spiro atoms. The summed E-state index contributed by atoms with van der Waals surface area (Å²) >= 11 is 0. The number of halogens is 1. The number of hydrogen-bond donors (Lipinski definition) is 1. The van der Waals surface area contributed by atoms with E-state index in [0.717, 1.165) is 70.7 Å². The lowest BCUT2D eigenvalue weighted by Crippen LogP contribution is -2.53. The summed E-state index contributed by atoms with van der Waals surface area (Å²) in [6.07, 6.45) is 5.89. The van der Waals surface area contributed by atoms with E-state index in [2.05, 4.69) is 59.2 Å². The fourth-order valence-corrected chi connectivity index (χ4v) is 4.15. The van der Waals surface area contributed by atoms with E-state index >= 15 is 0 Å². The van der Waals surface area contributed by atoms with Crippen molar-refractivity contribution >= 4 is 35.9 Å². The van der Waals surface area contributed by atoms with Crippen molar-refractivity contribution in [3.63, 3.8) is 0 Å². The number of rotatable bonds is 5. The third-order valence-corrected chi connectivity index (χ3v) is 5.77. The molecule has 2 aliphatic rings. The van der Waals surface area contributed by atoms with Crippen molar-refractivity contribution in [2.75, 3.05) is 57.8 Å². The molecule has 1 aromatic heterocycles. The summed E-state index contributed by atoms with van der Waals surface area (Å²) in [6, 6.07) is 10.7. The minimum absolute atomic E-state index is 0. The van der Waals surface area contributed by atoms with Crippen molar-refractivity contribution in [3.05, 3.63) is 53.9 Å². The number of nitrogens with one attached hydrogen (secondary N) is 1. The molecule has 1 fully saturated rings. The number of aliphatic imine (C=N–C) groups is 1. The van der Waals surface area contributed by atoms with Crippen LogP contribution >= 0.6 is 24.0 Å². The molecule has 30 heavy (non-hydrogen) atoms. The van der Waals surface area contributed by atoms with Gasteiger partial charge in [0.25, 0.3) is 0 Å². The number of benzene rings is 1. The highest BCUT2D eigenvalue weighted by Gasteiger charge is 2.21. The van der Waals surface area contributed by atoms with Crippen molar-refractivity contribution in [2.24, 2.45) is 4.99 Å². The van der Waals surface area contributed by atoms with Gasteiger partial charge in [-0.05, 0) is 30.0 Å². The van der Waals surface area contributed by atoms with Crippen LogP contribution in [0, 0.1) is 0 Å². The Hall–Kier alpha value is -1.94. The molecule has 7 nitrogen and oxygen atoms in total. The third kappa shape index (κ3) is 5.81. The Labute approximate surface area is 196 Å². The molecule has 1 saturated heterocycles. The van der Waals surface area contributed by atoms with Crippen LogP contribution in [0.2, 0.25) is 0 Å². The molecule has 2 aliphatic heterocycles. The van der Waals surface area contributed by atoms with E-state index in [-0.39, 0.29) is 24.0 Å². The zero-order chi connectivity index (χ0) is 19.9. The van der Waals surface area contributed by atoms with Gasteiger partial charge < -0.3 is 15.1 Å². The lowest BCUT2D eigenvalue weighted by Gasteiger charge is -2.36. The van der Waals surface area contributed by atoms with E-state index in [9.17, 15) is 0 Å². The zero-order valence-electron chi connectivity index (χ0n) is 17.7. The average Bonchev–Trinajstić information content (AvgIpc) is 2.80. The van der Waals surface area contributed by atoms with E-state index < -0.39 is 0 Å². The van der Waals surface area contributed by atoms with Crippen LogP contribution in [-0.2, 0) is 13.0 Å². The van der Waals surface area contributed by atoms with Crippen LogP contribution in [0.3, 0.4) is 0 Å². The maximum Gasteiger partial charge on any atom is 0.225 e. The van der Waals surface area contributed by atoms with Crippen molar-refractivity contribution in [1.82, 2.24) is 25.1 Å². The molecule has 1 N–H and O–H groups in total. The van der Waals surface area contributed by atoms with Gasteiger partial charge in [0.15, 0.2) is 5.96 Å². The normalized spacial score (nSPS) is 17.3. The Balaban J connectivity index is 0.00000256. The summed E-state index contributed by atoms with van der Waals surface area (Å²) in [6.45, 7) is 8.01. The molecule has 0 aliphatic carbocycles. The van der Waals surface area contributed by atoms with Crippen LogP contribution in [0.15, 0.2) is 47.7 Å². The molecule has 0 bridgehead atoms. The molecule has 3 heterocycles. The van der Waals surface area contributed by atoms with Crippen LogP contribution in [-0.4, -0.2) is 78.6 Å². The molecule has 0 unspecified atom stereocenters. The minimum Gasteiger partial charge on any atom is -0.356 e. The van der Waals surface area contributed by atoms with Crippen molar-refractivity contribution in [2.45, 2.75) is 19.4 Å². The molecule has 0 radical (unpaired) electrons. The van der Waals surface area contributed by atoms with Gasteiger partial charge in [-0.2, -0.15) is 0 Å². The summed E-state index contributed by atoms with van der Waals surface area (Å²) in [7, 11) is 1.87. The van der Waals surface area contributed by atoms with Crippen molar-refractivity contribution in [3.8, 4) is 0 Å². The monoisotopic (exact) mass is 521 g/mol. The average molecular weight is 521 g/mol. The number of anilines is 1. The number of nitrogens with zero attached hydrogens (tertiary/aromatic N) is 6. The largest absolute Gasteiger partial charge is 0.356 e.